The maximum Gasteiger partial charge on any atom is 0.343 e. The number of carbonyl (C=O) groups excluding carboxylic acids is 1. The van der Waals surface area contributed by atoms with Gasteiger partial charge in [0.1, 0.15) is 17.3 Å². The van der Waals surface area contributed by atoms with Crippen LogP contribution in [0.2, 0.25) is 0 Å². The van der Waals surface area contributed by atoms with E-state index >= 15 is 0 Å². The van der Waals surface area contributed by atoms with Crippen LogP contribution in [0.1, 0.15) is 22.8 Å². The SMILES string of the molecule is COc1ccc(NC(=O)[C@H]2Oc3cc(C)oc(=O)c3[C@H]2c2cc(OC)c3c(c2OC)OCO3)cc1. The molecule has 2 aliphatic heterocycles. The molecule has 2 aliphatic rings. The van der Waals surface area contributed by atoms with E-state index in [0.29, 0.717) is 45.8 Å². The fourth-order valence-electron chi connectivity index (χ4n) is 4.37. The van der Waals surface area contributed by atoms with Gasteiger partial charge in [-0.2, -0.15) is 0 Å². The molecule has 10 nitrogen and oxygen atoms in total. The van der Waals surface area contributed by atoms with Gasteiger partial charge in [0.2, 0.25) is 18.3 Å². The number of fused-ring (bicyclic) bond motifs is 2. The van der Waals surface area contributed by atoms with E-state index in [1.807, 2.05) is 0 Å². The van der Waals surface area contributed by atoms with Crippen molar-refractivity contribution in [3.63, 3.8) is 0 Å². The lowest BCUT2D eigenvalue weighted by Crippen LogP contribution is -2.35. The summed E-state index contributed by atoms with van der Waals surface area (Å²) in [4.78, 5) is 26.5. The number of ether oxygens (including phenoxy) is 6. The molecule has 1 aromatic heterocycles. The zero-order valence-corrected chi connectivity index (χ0v) is 19.5. The molecule has 5 rings (SSSR count). The Hall–Kier alpha value is -4.34. The first-order chi connectivity index (χ1) is 16.9. The van der Waals surface area contributed by atoms with Crippen LogP contribution in [-0.4, -0.2) is 40.1 Å². The summed E-state index contributed by atoms with van der Waals surface area (Å²) >= 11 is 0. The van der Waals surface area contributed by atoms with E-state index in [0.717, 1.165) is 0 Å². The standard InChI is InChI=1S/C25H23NO9/c1-12-9-16-19(25(28)34-12)18(15-10-17(30-3)21-23(20(15)31-4)33-11-32-21)22(35-16)24(27)26-13-5-7-14(29-2)8-6-13/h5-10,18,22H,11H2,1-4H3,(H,26,27)/t18-,22+/m1/s1. The number of anilines is 1. The van der Waals surface area contributed by atoms with E-state index in [2.05, 4.69) is 5.32 Å². The lowest BCUT2D eigenvalue weighted by molar-refractivity contribution is -0.122. The monoisotopic (exact) mass is 481 g/mol. The van der Waals surface area contributed by atoms with Gasteiger partial charge in [-0.1, -0.05) is 0 Å². The van der Waals surface area contributed by atoms with E-state index in [-0.39, 0.29) is 18.1 Å². The van der Waals surface area contributed by atoms with Gasteiger partial charge in [-0.15, -0.1) is 0 Å². The van der Waals surface area contributed by atoms with Crippen LogP contribution in [0.15, 0.2) is 45.6 Å². The van der Waals surface area contributed by atoms with Crippen molar-refractivity contribution < 1.29 is 37.6 Å². The summed E-state index contributed by atoms with van der Waals surface area (Å²) in [7, 11) is 4.51. The Bertz CT molecular complexity index is 1350. The molecule has 1 amide bonds. The van der Waals surface area contributed by atoms with Gasteiger partial charge in [-0.05, 0) is 37.3 Å². The maximum absolute atomic E-state index is 13.5. The molecular weight excluding hydrogens is 458 g/mol. The van der Waals surface area contributed by atoms with Crippen molar-refractivity contribution in [2.45, 2.75) is 18.9 Å². The minimum atomic E-state index is -1.12. The molecule has 2 atom stereocenters. The third-order valence-electron chi connectivity index (χ3n) is 5.91. The van der Waals surface area contributed by atoms with Gasteiger partial charge in [0.05, 0.1) is 32.8 Å². The zero-order chi connectivity index (χ0) is 24.7. The number of rotatable bonds is 6. The summed E-state index contributed by atoms with van der Waals surface area (Å²) in [6, 6.07) is 10.1. The number of hydrogen-bond acceptors (Lipinski definition) is 9. The number of methoxy groups -OCH3 is 3. The van der Waals surface area contributed by atoms with Crippen molar-refractivity contribution >= 4 is 11.6 Å². The Morgan fingerprint density at radius 2 is 1.74 bits per heavy atom. The highest BCUT2D eigenvalue weighted by Gasteiger charge is 2.46. The van der Waals surface area contributed by atoms with Crippen LogP contribution in [0, 0.1) is 6.92 Å². The molecule has 1 N–H and O–H groups in total. The van der Waals surface area contributed by atoms with Gasteiger partial charge in [-0.25, -0.2) is 4.79 Å². The first kappa shape index (κ1) is 22.5. The summed E-state index contributed by atoms with van der Waals surface area (Å²) < 4.78 is 38.9. The molecule has 10 heteroatoms. The van der Waals surface area contributed by atoms with Crippen LogP contribution >= 0.6 is 0 Å². The minimum absolute atomic E-state index is 0.0218. The van der Waals surface area contributed by atoms with Crippen LogP contribution in [0.3, 0.4) is 0 Å². The second kappa shape index (κ2) is 8.79. The quantitative estimate of drug-likeness (QED) is 0.567. The van der Waals surface area contributed by atoms with Crippen LogP contribution < -0.4 is 39.4 Å². The lowest BCUT2D eigenvalue weighted by atomic mass is 9.87. The van der Waals surface area contributed by atoms with Crippen molar-refractivity contribution in [1.29, 1.82) is 0 Å². The largest absolute Gasteiger partial charge is 0.497 e. The van der Waals surface area contributed by atoms with Crippen molar-refractivity contribution in [2.24, 2.45) is 0 Å². The average Bonchev–Trinajstić information content (AvgIpc) is 3.49. The third kappa shape index (κ3) is 3.76. The molecule has 3 aromatic rings. The van der Waals surface area contributed by atoms with Gasteiger partial charge in [0.25, 0.3) is 5.91 Å². The van der Waals surface area contributed by atoms with Gasteiger partial charge >= 0.3 is 5.63 Å². The highest BCUT2D eigenvalue weighted by atomic mass is 16.7. The fourth-order valence-corrected chi connectivity index (χ4v) is 4.37. The topological polar surface area (TPSA) is 115 Å². The normalized spacial score (nSPS) is 17.4. The molecule has 0 radical (unpaired) electrons. The number of benzene rings is 2. The molecule has 0 spiro atoms. The molecule has 0 fully saturated rings. The molecule has 182 valence electrons. The highest BCUT2D eigenvalue weighted by molar-refractivity contribution is 5.96. The van der Waals surface area contributed by atoms with E-state index in [1.54, 1.807) is 50.4 Å². The van der Waals surface area contributed by atoms with Gasteiger partial charge in [0, 0.05) is 17.3 Å². The van der Waals surface area contributed by atoms with Gasteiger partial charge in [-0.3, -0.25) is 4.79 Å². The number of amides is 1. The Kier molecular flexibility index (Phi) is 5.64. The van der Waals surface area contributed by atoms with E-state index < -0.39 is 23.6 Å². The summed E-state index contributed by atoms with van der Waals surface area (Å²) in [5.74, 6) is 1.30. The summed E-state index contributed by atoms with van der Waals surface area (Å²) in [6.45, 7) is 1.61. The number of aryl methyl sites for hydroxylation is 1. The first-order valence-corrected chi connectivity index (χ1v) is 10.8. The molecule has 2 aromatic carbocycles. The zero-order valence-electron chi connectivity index (χ0n) is 19.5. The van der Waals surface area contributed by atoms with Crippen LogP contribution in [0.4, 0.5) is 5.69 Å². The molecule has 0 saturated heterocycles. The molecule has 3 heterocycles. The van der Waals surface area contributed by atoms with Crippen LogP contribution in [0.5, 0.6) is 34.5 Å². The van der Waals surface area contributed by atoms with E-state index in [4.69, 9.17) is 32.8 Å². The van der Waals surface area contributed by atoms with Crippen LogP contribution in [-0.2, 0) is 4.79 Å². The van der Waals surface area contributed by atoms with Gasteiger partial charge in [0.15, 0.2) is 17.6 Å². The van der Waals surface area contributed by atoms with E-state index in [9.17, 15) is 9.59 Å². The summed E-state index contributed by atoms with van der Waals surface area (Å²) in [5, 5.41) is 2.84. The van der Waals surface area contributed by atoms with Crippen molar-refractivity contribution in [3.8, 4) is 34.5 Å². The van der Waals surface area contributed by atoms with Crippen molar-refractivity contribution in [3.05, 3.63) is 63.7 Å². The van der Waals surface area contributed by atoms with Crippen LogP contribution in [0.25, 0.3) is 0 Å². The second-order valence-corrected chi connectivity index (χ2v) is 7.92. The second-order valence-electron chi connectivity index (χ2n) is 7.92. The Balaban J connectivity index is 1.63. The molecule has 0 bridgehead atoms. The minimum Gasteiger partial charge on any atom is -0.497 e. The fraction of sp³-hybridized carbons (Fsp3) is 0.280. The Labute approximate surface area is 200 Å². The number of nitrogens with one attached hydrogen (secondary N) is 1. The third-order valence-corrected chi connectivity index (χ3v) is 5.91. The molecule has 0 saturated carbocycles. The van der Waals surface area contributed by atoms with Gasteiger partial charge < -0.3 is 38.2 Å². The highest BCUT2D eigenvalue weighted by Crippen LogP contribution is 2.54. The average molecular weight is 481 g/mol. The molecule has 0 aliphatic carbocycles. The van der Waals surface area contributed by atoms with E-state index in [1.165, 1.54) is 14.2 Å². The molecule has 35 heavy (non-hydrogen) atoms. The predicted molar refractivity (Wildman–Crippen MR) is 123 cm³/mol. The number of hydrogen-bond donors (Lipinski definition) is 1. The lowest BCUT2D eigenvalue weighted by Gasteiger charge is -2.22. The molecular formula is C25H23NO9. The Morgan fingerprint density at radius 1 is 1.00 bits per heavy atom. The number of carbonyl (C=O) groups is 1. The maximum atomic E-state index is 13.5. The first-order valence-electron chi connectivity index (χ1n) is 10.8. The summed E-state index contributed by atoms with van der Waals surface area (Å²) in [6.07, 6.45) is -1.12. The van der Waals surface area contributed by atoms with Crippen molar-refractivity contribution in [1.82, 2.24) is 0 Å². The Morgan fingerprint density at radius 3 is 2.43 bits per heavy atom. The predicted octanol–water partition coefficient (Wildman–Crippen LogP) is 3.23. The molecule has 0 unspecified atom stereocenters. The van der Waals surface area contributed by atoms with Crippen molar-refractivity contribution in [2.75, 3.05) is 33.4 Å². The smallest absolute Gasteiger partial charge is 0.343 e. The summed E-state index contributed by atoms with van der Waals surface area (Å²) in [5.41, 5.74) is 0.582.